The summed E-state index contributed by atoms with van der Waals surface area (Å²) in [5, 5.41) is 0.476. The van der Waals surface area contributed by atoms with Gasteiger partial charge in [-0.15, -0.1) is 11.6 Å². The summed E-state index contributed by atoms with van der Waals surface area (Å²) in [7, 11) is 0. The number of ether oxygens (including phenoxy) is 1. The molecule has 0 radical (unpaired) electrons. The molecule has 0 fully saturated rings. The molecule has 0 aliphatic rings. The molecule has 6 heteroatoms. The van der Waals surface area contributed by atoms with E-state index >= 15 is 0 Å². The first-order valence-corrected chi connectivity index (χ1v) is 6.27. The van der Waals surface area contributed by atoms with Crippen LogP contribution in [0.3, 0.4) is 0 Å². The van der Waals surface area contributed by atoms with Gasteiger partial charge in [-0.1, -0.05) is 17.7 Å². The summed E-state index contributed by atoms with van der Waals surface area (Å²) in [5.74, 6) is -1.09. The van der Waals surface area contributed by atoms with Gasteiger partial charge in [0.15, 0.2) is 0 Å². The summed E-state index contributed by atoms with van der Waals surface area (Å²) < 4.78 is 4.81. The lowest BCUT2D eigenvalue weighted by Gasteiger charge is -2.21. The highest BCUT2D eigenvalue weighted by Crippen LogP contribution is 2.19. The number of carbonyl (C=O) groups is 2. The molecule has 0 aromatic heterocycles. The standard InChI is InChI=1S/C12H13Cl2NO3/c1-2-18-12(17)8-15(11(16)7-13)10-5-3-4-9(14)6-10/h3-6H,2,7-8H2,1H3. The van der Waals surface area contributed by atoms with E-state index in [2.05, 4.69) is 0 Å². The Bertz CT molecular complexity index is 437. The second-order valence-corrected chi connectivity index (χ2v) is 4.10. The van der Waals surface area contributed by atoms with Crippen molar-refractivity contribution in [3.8, 4) is 0 Å². The lowest BCUT2D eigenvalue weighted by atomic mass is 10.3. The first-order valence-electron chi connectivity index (χ1n) is 5.36. The van der Waals surface area contributed by atoms with Gasteiger partial charge in [-0.2, -0.15) is 0 Å². The fourth-order valence-electron chi connectivity index (χ4n) is 1.38. The molecule has 0 saturated carbocycles. The minimum Gasteiger partial charge on any atom is -0.465 e. The maximum Gasteiger partial charge on any atom is 0.326 e. The number of carbonyl (C=O) groups excluding carboxylic acids is 2. The largest absolute Gasteiger partial charge is 0.465 e. The Morgan fingerprint density at radius 1 is 1.39 bits per heavy atom. The molecule has 0 unspecified atom stereocenters. The molecule has 1 rings (SSSR count). The smallest absolute Gasteiger partial charge is 0.326 e. The zero-order valence-electron chi connectivity index (χ0n) is 9.86. The van der Waals surface area contributed by atoms with E-state index in [0.717, 1.165) is 0 Å². The van der Waals surface area contributed by atoms with Crippen molar-refractivity contribution in [1.29, 1.82) is 0 Å². The van der Waals surface area contributed by atoms with Crippen molar-refractivity contribution in [2.45, 2.75) is 6.92 Å². The summed E-state index contributed by atoms with van der Waals surface area (Å²) in [4.78, 5) is 24.4. The summed E-state index contributed by atoms with van der Waals surface area (Å²) in [6.07, 6.45) is 0. The number of anilines is 1. The number of alkyl halides is 1. The van der Waals surface area contributed by atoms with Gasteiger partial charge in [0, 0.05) is 10.7 Å². The Hall–Kier alpha value is -1.26. The van der Waals surface area contributed by atoms with Crippen LogP contribution in [0.1, 0.15) is 6.92 Å². The van der Waals surface area contributed by atoms with Crippen LogP contribution in [0.5, 0.6) is 0 Å². The zero-order valence-corrected chi connectivity index (χ0v) is 11.4. The van der Waals surface area contributed by atoms with Crippen molar-refractivity contribution in [3.05, 3.63) is 29.3 Å². The molecule has 98 valence electrons. The van der Waals surface area contributed by atoms with Crippen LogP contribution in [0.2, 0.25) is 5.02 Å². The van der Waals surface area contributed by atoms with Crippen LogP contribution in [0, 0.1) is 0 Å². The van der Waals surface area contributed by atoms with Crippen LogP contribution in [0.4, 0.5) is 5.69 Å². The van der Waals surface area contributed by atoms with Gasteiger partial charge in [-0.05, 0) is 25.1 Å². The van der Waals surface area contributed by atoms with Gasteiger partial charge in [0.05, 0.1) is 6.61 Å². The van der Waals surface area contributed by atoms with Crippen molar-refractivity contribution in [2.75, 3.05) is 23.9 Å². The van der Waals surface area contributed by atoms with E-state index in [1.165, 1.54) is 4.90 Å². The highest BCUT2D eigenvalue weighted by atomic mass is 35.5. The van der Waals surface area contributed by atoms with E-state index in [1.54, 1.807) is 31.2 Å². The molecule has 1 aromatic rings. The molecule has 0 aliphatic carbocycles. The number of hydrogen-bond acceptors (Lipinski definition) is 3. The van der Waals surface area contributed by atoms with E-state index in [9.17, 15) is 9.59 Å². The van der Waals surface area contributed by atoms with Crippen LogP contribution in [-0.2, 0) is 14.3 Å². The Labute approximate surface area is 115 Å². The maximum absolute atomic E-state index is 11.7. The molecule has 0 N–H and O–H groups in total. The highest BCUT2D eigenvalue weighted by Gasteiger charge is 2.19. The summed E-state index contributed by atoms with van der Waals surface area (Å²) in [6.45, 7) is 1.78. The summed E-state index contributed by atoms with van der Waals surface area (Å²) >= 11 is 11.4. The Morgan fingerprint density at radius 2 is 2.11 bits per heavy atom. The van der Waals surface area contributed by atoms with Crippen LogP contribution >= 0.6 is 23.2 Å². The van der Waals surface area contributed by atoms with Gasteiger partial charge >= 0.3 is 5.97 Å². The number of amides is 1. The SMILES string of the molecule is CCOC(=O)CN(C(=O)CCl)c1cccc(Cl)c1. The topological polar surface area (TPSA) is 46.6 Å². The zero-order chi connectivity index (χ0) is 13.5. The molecule has 18 heavy (non-hydrogen) atoms. The molecule has 1 aromatic carbocycles. The van der Waals surface area contributed by atoms with E-state index in [1.807, 2.05) is 0 Å². The van der Waals surface area contributed by atoms with Gasteiger partial charge < -0.3 is 9.64 Å². The molecule has 0 spiro atoms. The molecule has 0 saturated heterocycles. The lowest BCUT2D eigenvalue weighted by Crippen LogP contribution is -2.37. The van der Waals surface area contributed by atoms with E-state index in [4.69, 9.17) is 27.9 Å². The van der Waals surface area contributed by atoms with E-state index in [0.29, 0.717) is 10.7 Å². The average Bonchev–Trinajstić information content (AvgIpc) is 2.35. The third-order valence-electron chi connectivity index (χ3n) is 2.13. The minimum atomic E-state index is -0.490. The number of benzene rings is 1. The van der Waals surface area contributed by atoms with Gasteiger partial charge in [-0.3, -0.25) is 9.59 Å². The first kappa shape index (κ1) is 14.8. The maximum atomic E-state index is 11.7. The Morgan fingerprint density at radius 3 is 2.67 bits per heavy atom. The van der Waals surface area contributed by atoms with Crippen molar-refractivity contribution in [1.82, 2.24) is 0 Å². The molecule has 0 bridgehead atoms. The number of nitrogens with zero attached hydrogens (tertiary/aromatic N) is 1. The Kier molecular flexibility index (Phi) is 5.95. The average molecular weight is 290 g/mol. The number of hydrogen-bond donors (Lipinski definition) is 0. The minimum absolute atomic E-state index is 0.181. The molecular weight excluding hydrogens is 277 g/mol. The van der Waals surface area contributed by atoms with Gasteiger partial charge in [0.2, 0.25) is 5.91 Å². The second kappa shape index (κ2) is 7.24. The van der Waals surface area contributed by atoms with Crippen LogP contribution in [0.25, 0.3) is 0 Å². The van der Waals surface area contributed by atoms with E-state index < -0.39 is 5.97 Å². The van der Waals surface area contributed by atoms with Crippen LogP contribution in [0.15, 0.2) is 24.3 Å². The van der Waals surface area contributed by atoms with Crippen LogP contribution < -0.4 is 4.90 Å². The summed E-state index contributed by atoms with van der Waals surface area (Å²) in [6, 6.07) is 6.64. The van der Waals surface area contributed by atoms with E-state index in [-0.39, 0.29) is 24.9 Å². The van der Waals surface area contributed by atoms with Crippen molar-refractivity contribution < 1.29 is 14.3 Å². The normalized spacial score (nSPS) is 9.94. The molecule has 0 atom stereocenters. The Balaban J connectivity index is 2.91. The number of rotatable bonds is 5. The monoisotopic (exact) mass is 289 g/mol. The fourth-order valence-corrected chi connectivity index (χ4v) is 1.70. The molecule has 0 aliphatic heterocycles. The lowest BCUT2D eigenvalue weighted by molar-refractivity contribution is -0.142. The number of halogens is 2. The van der Waals surface area contributed by atoms with Gasteiger partial charge in [0.25, 0.3) is 0 Å². The molecular formula is C12H13Cl2NO3. The van der Waals surface area contributed by atoms with Crippen molar-refractivity contribution in [2.24, 2.45) is 0 Å². The molecule has 4 nitrogen and oxygen atoms in total. The van der Waals surface area contributed by atoms with Gasteiger partial charge in [0.1, 0.15) is 12.4 Å². The predicted molar refractivity (Wildman–Crippen MR) is 71.2 cm³/mol. The third-order valence-corrected chi connectivity index (χ3v) is 2.59. The summed E-state index contributed by atoms with van der Waals surface area (Å²) in [5.41, 5.74) is 0.515. The van der Waals surface area contributed by atoms with Crippen LogP contribution in [-0.4, -0.2) is 30.9 Å². The molecule has 0 heterocycles. The predicted octanol–water partition coefficient (Wildman–Crippen LogP) is 2.47. The fraction of sp³-hybridized carbons (Fsp3) is 0.333. The first-order chi connectivity index (χ1) is 8.58. The molecule has 1 amide bonds. The highest BCUT2D eigenvalue weighted by molar-refractivity contribution is 6.31. The third kappa shape index (κ3) is 4.20. The quantitative estimate of drug-likeness (QED) is 0.618. The van der Waals surface area contributed by atoms with Gasteiger partial charge in [-0.25, -0.2) is 0 Å². The second-order valence-electron chi connectivity index (χ2n) is 3.40. The van der Waals surface area contributed by atoms with Crippen molar-refractivity contribution >= 4 is 40.8 Å². The van der Waals surface area contributed by atoms with Crippen molar-refractivity contribution in [3.63, 3.8) is 0 Å². The number of esters is 1.